The third-order valence-corrected chi connectivity index (χ3v) is 8.89. The number of hydrogen-bond donors (Lipinski definition) is 2. The first kappa shape index (κ1) is 22.9. The minimum Gasteiger partial charge on any atom is -0.508 e. The zero-order chi connectivity index (χ0) is 25.5. The summed E-state index contributed by atoms with van der Waals surface area (Å²) in [6, 6.07) is 13.2. The lowest BCUT2D eigenvalue weighted by molar-refractivity contribution is -0.173. The van der Waals surface area contributed by atoms with E-state index in [1.807, 2.05) is 6.08 Å². The Morgan fingerprint density at radius 3 is 2.39 bits per heavy atom. The lowest BCUT2D eigenvalue weighted by Gasteiger charge is -2.49. The Morgan fingerprint density at radius 2 is 1.69 bits per heavy atom. The van der Waals surface area contributed by atoms with E-state index in [9.17, 15) is 29.5 Å². The molecule has 2 aliphatic carbocycles. The highest BCUT2D eigenvalue weighted by molar-refractivity contribution is 6.32. The van der Waals surface area contributed by atoms with E-state index in [2.05, 4.69) is 0 Å². The number of hydroxylamine groups is 2. The number of amides is 4. The molecule has 9 heteroatoms. The van der Waals surface area contributed by atoms with E-state index in [0.717, 1.165) is 5.57 Å². The molecule has 6 unspecified atom stereocenters. The van der Waals surface area contributed by atoms with E-state index in [1.165, 1.54) is 17.0 Å². The van der Waals surface area contributed by atoms with E-state index >= 15 is 0 Å². The van der Waals surface area contributed by atoms with Gasteiger partial charge in [0.15, 0.2) is 0 Å². The summed E-state index contributed by atoms with van der Waals surface area (Å²) in [5.74, 6) is -5.62. The van der Waals surface area contributed by atoms with Crippen molar-refractivity contribution in [2.24, 2.45) is 29.1 Å². The number of phenolic OH excluding ortho intramolecular Hbond substituents is 1. The molecule has 2 saturated heterocycles. The van der Waals surface area contributed by atoms with E-state index in [0.29, 0.717) is 11.3 Å². The maximum Gasteiger partial charge on any atom is 0.257 e. The van der Waals surface area contributed by atoms with Gasteiger partial charge in [-0.25, -0.2) is 4.90 Å². The van der Waals surface area contributed by atoms with Gasteiger partial charge in [-0.1, -0.05) is 47.5 Å². The van der Waals surface area contributed by atoms with Gasteiger partial charge in [0.25, 0.3) is 11.8 Å². The monoisotopic (exact) mass is 506 g/mol. The zero-order valence-electron chi connectivity index (χ0n) is 19.3. The van der Waals surface area contributed by atoms with Crippen LogP contribution in [0.2, 0.25) is 5.02 Å². The van der Waals surface area contributed by atoms with Gasteiger partial charge in [0, 0.05) is 10.9 Å². The lowest BCUT2D eigenvalue weighted by atomic mass is 9.51. The highest BCUT2D eigenvalue weighted by Crippen LogP contribution is 2.64. The first-order valence-electron chi connectivity index (χ1n) is 11.8. The Balaban J connectivity index is 1.56. The van der Waals surface area contributed by atoms with Crippen LogP contribution in [-0.2, 0) is 19.2 Å². The second-order valence-corrected chi connectivity index (χ2v) is 10.6. The molecule has 0 radical (unpaired) electrons. The van der Waals surface area contributed by atoms with Crippen LogP contribution in [0.1, 0.15) is 31.2 Å². The number of hydrogen-bond acceptors (Lipinski definition) is 6. The molecule has 2 aromatic carbocycles. The molecule has 3 fully saturated rings. The topological polar surface area (TPSA) is 115 Å². The molecule has 8 nitrogen and oxygen atoms in total. The van der Waals surface area contributed by atoms with Crippen LogP contribution in [0.3, 0.4) is 0 Å². The molecular formula is C27H23ClN2O6. The van der Waals surface area contributed by atoms with Gasteiger partial charge in [-0.15, -0.1) is 0 Å². The van der Waals surface area contributed by atoms with Crippen LogP contribution in [-0.4, -0.2) is 39.0 Å². The number of benzene rings is 2. The van der Waals surface area contributed by atoms with Crippen molar-refractivity contribution in [1.82, 2.24) is 5.06 Å². The molecule has 6 rings (SSSR count). The van der Waals surface area contributed by atoms with Crippen molar-refractivity contribution in [1.29, 1.82) is 0 Å². The van der Waals surface area contributed by atoms with Gasteiger partial charge in [-0.05, 0) is 55.5 Å². The van der Waals surface area contributed by atoms with E-state index < -0.39 is 46.8 Å². The summed E-state index contributed by atoms with van der Waals surface area (Å²) in [5, 5.41) is 20.5. The Hall–Kier alpha value is -3.49. The van der Waals surface area contributed by atoms with Crippen LogP contribution in [0.4, 0.5) is 5.69 Å². The second kappa shape index (κ2) is 7.75. The van der Waals surface area contributed by atoms with Gasteiger partial charge in [-0.2, -0.15) is 5.06 Å². The summed E-state index contributed by atoms with van der Waals surface area (Å²) in [6.45, 7) is 1.76. The molecule has 4 amide bonds. The number of rotatable bonds is 2. The quantitative estimate of drug-likeness (QED) is 0.365. The standard InChI is InChI=1S/C27H23ClN2O6/c1-27-19(24(33)29(26(27)35)13-5-3-2-4-6-13)12-18-15(22(27)16-8-7-14(31)11-20(16)28)9-10-17-21(18)25(34)30(36)23(17)32/h2-9,11,17-19,21-22,31,36H,10,12H2,1H3. The van der Waals surface area contributed by atoms with Crippen molar-refractivity contribution in [3.05, 3.63) is 70.8 Å². The molecule has 4 aliphatic rings. The van der Waals surface area contributed by atoms with Gasteiger partial charge in [0.1, 0.15) is 5.75 Å². The smallest absolute Gasteiger partial charge is 0.257 e. The van der Waals surface area contributed by atoms with Gasteiger partial charge in [-0.3, -0.25) is 24.4 Å². The van der Waals surface area contributed by atoms with Crippen LogP contribution < -0.4 is 4.90 Å². The molecule has 2 heterocycles. The summed E-state index contributed by atoms with van der Waals surface area (Å²) >= 11 is 6.60. The number of para-hydroxylation sites is 1. The van der Waals surface area contributed by atoms with E-state index in [1.54, 1.807) is 43.3 Å². The molecule has 2 aliphatic heterocycles. The fourth-order valence-electron chi connectivity index (χ4n) is 6.92. The largest absolute Gasteiger partial charge is 0.508 e. The summed E-state index contributed by atoms with van der Waals surface area (Å²) in [4.78, 5) is 54.7. The number of carbonyl (C=O) groups excluding carboxylic acids is 4. The van der Waals surface area contributed by atoms with Crippen molar-refractivity contribution in [2.75, 3.05) is 4.90 Å². The Kier molecular flexibility index (Phi) is 4.94. The number of fused-ring (bicyclic) bond motifs is 4. The Labute approximate surface area is 211 Å². The molecule has 0 spiro atoms. The third-order valence-electron chi connectivity index (χ3n) is 8.56. The summed E-state index contributed by atoms with van der Waals surface area (Å²) in [7, 11) is 0. The summed E-state index contributed by atoms with van der Waals surface area (Å²) in [5.41, 5.74) is 0.565. The Morgan fingerprint density at radius 1 is 0.972 bits per heavy atom. The molecule has 2 N–H and O–H groups in total. The molecule has 0 aromatic heterocycles. The van der Waals surface area contributed by atoms with Crippen molar-refractivity contribution in [3.63, 3.8) is 0 Å². The van der Waals surface area contributed by atoms with Gasteiger partial charge >= 0.3 is 0 Å². The molecule has 184 valence electrons. The van der Waals surface area contributed by atoms with Gasteiger partial charge in [0.05, 0.1) is 28.9 Å². The number of phenols is 1. The lowest BCUT2D eigenvalue weighted by Crippen LogP contribution is -2.48. The average Bonchev–Trinajstić information content (AvgIpc) is 3.20. The third kappa shape index (κ3) is 2.85. The van der Waals surface area contributed by atoms with Crippen LogP contribution in [0.25, 0.3) is 0 Å². The number of halogens is 1. The zero-order valence-corrected chi connectivity index (χ0v) is 20.1. The van der Waals surface area contributed by atoms with Crippen LogP contribution >= 0.6 is 11.6 Å². The first-order chi connectivity index (χ1) is 17.2. The summed E-state index contributed by atoms with van der Waals surface area (Å²) < 4.78 is 0. The minimum absolute atomic E-state index is 0.0391. The molecular weight excluding hydrogens is 484 g/mol. The van der Waals surface area contributed by atoms with Crippen LogP contribution in [0.15, 0.2) is 60.2 Å². The predicted octanol–water partition coefficient (Wildman–Crippen LogP) is 3.67. The minimum atomic E-state index is -1.22. The fourth-order valence-corrected chi connectivity index (χ4v) is 7.20. The SMILES string of the molecule is CC12C(=O)N(c3ccccc3)C(=O)C1CC1C(=CCC3C(=O)N(O)C(=O)C31)C2c1ccc(O)cc1Cl. The highest BCUT2D eigenvalue weighted by atomic mass is 35.5. The van der Waals surface area contributed by atoms with E-state index in [-0.39, 0.29) is 40.5 Å². The highest BCUT2D eigenvalue weighted by Gasteiger charge is 2.67. The molecule has 1 saturated carbocycles. The number of aromatic hydroxyl groups is 1. The number of anilines is 1. The van der Waals surface area contributed by atoms with Crippen molar-refractivity contribution in [2.45, 2.75) is 25.7 Å². The maximum absolute atomic E-state index is 14.1. The van der Waals surface area contributed by atoms with Gasteiger partial charge < -0.3 is 5.11 Å². The first-order valence-corrected chi connectivity index (χ1v) is 12.2. The van der Waals surface area contributed by atoms with E-state index in [4.69, 9.17) is 11.6 Å². The molecule has 2 aromatic rings. The number of imide groups is 2. The maximum atomic E-state index is 14.1. The second-order valence-electron chi connectivity index (χ2n) is 10.2. The summed E-state index contributed by atoms with van der Waals surface area (Å²) in [6.07, 6.45) is 2.29. The van der Waals surface area contributed by atoms with Crippen molar-refractivity contribution < 1.29 is 29.5 Å². The van der Waals surface area contributed by atoms with Crippen LogP contribution in [0, 0.1) is 29.1 Å². The number of nitrogens with zero attached hydrogens (tertiary/aromatic N) is 2. The normalized spacial score (nSPS) is 33.4. The van der Waals surface area contributed by atoms with Crippen LogP contribution in [0.5, 0.6) is 5.75 Å². The van der Waals surface area contributed by atoms with Crippen molar-refractivity contribution >= 4 is 40.9 Å². The number of allylic oxidation sites excluding steroid dienone is 2. The predicted molar refractivity (Wildman–Crippen MR) is 128 cm³/mol. The van der Waals surface area contributed by atoms with Gasteiger partial charge in [0.2, 0.25) is 11.8 Å². The molecule has 0 bridgehead atoms. The molecule has 6 atom stereocenters. The number of carbonyl (C=O) groups is 4. The fraction of sp³-hybridized carbons (Fsp3) is 0.333. The average molecular weight is 507 g/mol. The Bertz CT molecular complexity index is 1370. The van der Waals surface area contributed by atoms with Crippen molar-refractivity contribution in [3.8, 4) is 5.75 Å². The molecule has 36 heavy (non-hydrogen) atoms.